The smallest absolute Gasteiger partial charge is 0.270 e. The van der Waals surface area contributed by atoms with Crippen molar-refractivity contribution in [3.05, 3.63) is 59.8 Å². The van der Waals surface area contributed by atoms with Gasteiger partial charge in [-0.15, -0.1) is 11.8 Å². The van der Waals surface area contributed by atoms with E-state index < -0.39 is 0 Å². The maximum atomic E-state index is 13.3. The lowest BCUT2D eigenvalue weighted by atomic mass is 9.90. The average molecular weight is 423 g/mol. The largest absolute Gasteiger partial charge is 0.497 e. The number of hydrogen-bond donors (Lipinski definition) is 0. The summed E-state index contributed by atoms with van der Waals surface area (Å²) in [6, 6.07) is 15.5. The number of fused-ring (bicyclic) bond motifs is 1. The van der Waals surface area contributed by atoms with Crippen molar-refractivity contribution in [3.8, 4) is 5.75 Å². The Balaban J connectivity index is 1.57. The number of carbonyl (C=O) groups is 2. The number of ketones is 1. The van der Waals surface area contributed by atoms with Gasteiger partial charge in [0.2, 0.25) is 0 Å². The number of nitrogens with zero attached hydrogens (tertiary/aromatic N) is 2. The topological polar surface area (TPSA) is 51.5 Å². The summed E-state index contributed by atoms with van der Waals surface area (Å²) in [6.45, 7) is 1.14. The number of amides is 1. The predicted octanol–water partition coefficient (Wildman–Crippen LogP) is 4.64. The Labute approximate surface area is 181 Å². The second-order valence-corrected chi connectivity index (χ2v) is 8.52. The van der Waals surface area contributed by atoms with Crippen LogP contribution in [0.15, 0.2) is 53.4 Å². The first-order valence-electron chi connectivity index (χ1n) is 10.1. The highest BCUT2D eigenvalue weighted by Crippen LogP contribution is 2.29. The highest BCUT2D eigenvalue weighted by molar-refractivity contribution is 7.98. The molecular weight excluding hydrogens is 396 g/mol. The fourth-order valence-corrected chi connectivity index (χ4v) is 4.85. The molecule has 6 heteroatoms. The number of methoxy groups -OCH3 is 1. The number of rotatable bonds is 5. The van der Waals surface area contributed by atoms with Crippen molar-refractivity contribution in [1.82, 2.24) is 9.47 Å². The second kappa shape index (κ2) is 8.56. The monoisotopic (exact) mass is 422 g/mol. The van der Waals surface area contributed by atoms with E-state index in [-0.39, 0.29) is 17.6 Å². The maximum Gasteiger partial charge on any atom is 0.270 e. The fraction of sp³-hybridized carbons (Fsp3) is 0.333. The normalized spacial score (nSPS) is 16.6. The molecule has 30 heavy (non-hydrogen) atoms. The molecule has 0 N–H and O–H groups in total. The molecule has 1 aliphatic heterocycles. The first-order valence-corrected chi connectivity index (χ1v) is 11.4. The van der Waals surface area contributed by atoms with E-state index in [0.717, 1.165) is 40.0 Å². The van der Waals surface area contributed by atoms with Crippen LogP contribution < -0.4 is 4.74 Å². The van der Waals surface area contributed by atoms with Gasteiger partial charge in [-0.2, -0.15) is 0 Å². The molecule has 0 bridgehead atoms. The summed E-state index contributed by atoms with van der Waals surface area (Å²) in [6.07, 6.45) is 3.64. The van der Waals surface area contributed by atoms with Crippen LogP contribution in [-0.4, -0.2) is 47.6 Å². The zero-order valence-electron chi connectivity index (χ0n) is 17.6. The van der Waals surface area contributed by atoms with Gasteiger partial charge in [0.25, 0.3) is 5.91 Å². The molecule has 0 radical (unpaired) electrons. The minimum Gasteiger partial charge on any atom is -0.497 e. The number of carbonyl (C=O) groups excluding carboxylic acids is 2. The van der Waals surface area contributed by atoms with Crippen LogP contribution in [0.2, 0.25) is 0 Å². The molecule has 5 nitrogen and oxygen atoms in total. The van der Waals surface area contributed by atoms with Gasteiger partial charge >= 0.3 is 0 Å². The van der Waals surface area contributed by atoms with E-state index in [9.17, 15) is 9.59 Å². The van der Waals surface area contributed by atoms with Crippen molar-refractivity contribution < 1.29 is 14.3 Å². The highest BCUT2D eigenvalue weighted by atomic mass is 32.2. The van der Waals surface area contributed by atoms with Gasteiger partial charge in [-0.3, -0.25) is 9.59 Å². The van der Waals surface area contributed by atoms with E-state index in [0.29, 0.717) is 18.8 Å². The molecule has 1 amide bonds. The zero-order valence-corrected chi connectivity index (χ0v) is 18.4. The number of likely N-dealkylation sites (tertiary alicyclic amines) is 1. The first-order chi connectivity index (χ1) is 14.5. The molecule has 0 spiro atoms. The zero-order chi connectivity index (χ0) is 21.3. The third-order valence-electron chi connectivity index (χ3n) is 5.92. The van der Waals surface area contributed by atoms with Crippen LogP contribution in [0.4, 0.5) is 0 Å². The molecule has 2 heterocycles. The number of benzene rings is 2. The number of hydrogen-bond acceptors (Lipinski definition) is 4. The fourth-order valence-electron chi connectivity index (χ4n) is 4.25. The van der Waals surface area contributed by atoms with Crippen LogP contribution in [0.5, 0.6) is 5.75 Å². The van der Waals surface area contributed by atoms with Crippen molar-refractivity contribution in [2.24, 2.45) is 13.0 Å². The summed E-state index contributed by atoms with van der Waals surface area (Å²) >= 11 is 1.58. The minimum atomic E-state index is -0.161. The van der Waals surface area contributed by atoms with Gasteiger partial charge in [0.1, 0.15) is 11.4 Å². The first kappa shape index (κ1) is 20.5. The molecule has 0 saturated carbocycles. The lowest BCUT2D eigenvalue weighted by Gasteiger charge is -2.32. The highest BCUT2D eigenvalue weighted by Gasteiger charge is 2.31. The van der Waals surface area contributed by atoms with Crippen LogP contribution in [-0.2, 0) is 7.05 Å². The lowest BCUT2D eigenvalue weighted by Crippen LogP contribution is -2.43. The van der Waals surface area contributed by atoms with Gasteiger partial charge in [-0.25, -0.2) is 0 Å². The average Bonchev–Trinajstić information content (AvgIpc) is 3.13. The van der Waals surface area contributed by atoms with E-state index >= 15 is 0 Å². The Morgan fingerprint density at radius 2 is 1.93 bits per heavy atom. The SMILES string of the molecule is COc1ccc2cc(C(=O)N3CCC[C@@H](C(=O)c4ccccc4SC)C3)n(C)c2c1. The molecule has 1 aromatic heterocycles. The van der Waals surface area contributed by atoms with E-state index in [1.165, 1.54) is 0 Å². The van der Waals surface area contributed by atoms with Gasteiger partial charge in [0.15, 0.2) is 5.78 Å². The van der Waals surface area contributed by atoms with Crippen molar-refractivity contribution in [1.29, 1.82) is 0 Å². The molecule has 4 rings (SSSR count). The van der Waals surface area contributed by atoms with Crippen molar-refractivity contribution in [2.75, 3.05) is 26.5 Å². The maximum absolute atomic E-state index is 13.3. The van der Waals surface area contributed by atoms with E-state index in [1.807, 2.05) is 71.3 Å². The van der Waals surface area contributed by atoms with Crippen LogP contribution in [0.25, 0.3) is 10.9 Å². The number of ether oxygens (including phenoxy) is 1. The minimum absolute atomic E-state index is 0.0247. The van der Waals surface area contributed by atoms with Gasteiger partial charge in [-0.05, 0) is 43.4 Å². The van der Waals surface area contributed by atoms with E-state index in [4.69, 9.17) is 4.74 Å². The summed E-state index contributed by atoms with van der Waals surface area (Å²) in [4.78, 5) is 29.3. The molecule has 1 saturated heterocycles. The van der Waals surface area contributed by atoms with Crippen LogP contribution in [0, 0.1) is 5.92 Å². The standard InChI is InChI=1S/C24H26N2O3S/c1-25-20-14-18(29-2)11-10-16(20)13-21(25)24(28)26-12-6-7-17(15-26)23(27)19-8-4-5-9-22(19)30-3/h4-5,8-11,13-14,17H,6-7,12,15H2,1-3H3/t17-/m1/s1. The van der Waals surface area contributed by atoms with Crippen molar-refractivity contribution in [3.63, 3.8) is 0 Å². The summed E-state index contributed by atoms with van der Waals surface area (Å²) in [5, 5.41) is 1.00. The van der Waals surface area contributed by atoms with Crippen molar-refractivity contribution in [2.45, 2.75) is 17.7 Å². The third-order valence-corrected chi connectivity index (χ3v) is 6.72. The molecule has 1 fully saturated rings. The Morgan fingerprint density at radius 3 is 2.70 bits per heavy atom. The molecule has 3 aromatic rings. The Bertz CT molecular complexity index is 1110. The second-order valence-electron chi connectivity index (χ2n) is 7.67. The molecule has 2 aromatic carbocycles. The molecule has 0 unspecified atom stereocenters. The molecule has 156 valence electrons. The number of Topliss-reactive ketones (excluding diaryl/α,β-unsaturated/α-hetero) is 1. The van der Waals surface area contributed by atoms with Gasteiger partial charge in [0.05, 0.1) is 12.6 Å². The Kier molecular flexibility index (Phi) is 5.86. The van der Waals surface area contributed by atoms with Gasteiger partial charge in [-0.1, -0.05) is 18.2 Å². The number of thioether (sulfide) groups is 1. The predicted molar refractivity (Wildman–Crippen MR) is 121 cm³/mol. The van der Waals surface area contributed by atoms with Crippen molar-refractivity contribution >= 4 is 34.4 Å². The molecule has 0 aliphatic carbocycles. The number of aryl methyl sites for hydroxylation is 1. The van der Waals surface area contributed by atoms with Gasteiger partial charge < -0.3 is 14.2 Å². The van der Waals surface area contributed by atoms with Crippen LogP contribution >= 0.6 is 11.8 Å². The summed E-state index contributed by atoms with van der Waals surface area (Å²) < 4.78 is 7.23. The number of aromatic nitrogens is 1. The summed E-state index contributed by atoms with van der Waals surface area (Å²) in [7, 11) is 3.53. The quantitative estimate of drug-likeness (QED) is 0.444. The number of piperidine rings is 1. The molecule has 1 atom stereocenters. The summed E-state index contributed by atoms with van der Waals surface area (Å²) in [5.74, 6) is 0.715. The lowest BCUT2D eigenvalue weighted by molar-refractivity contribution is 0.0628. The van der Waals surface area contributed by atoms with E-state index in [1.54, 1.807) is 18.9 Å². The van der Waals surface area contributed by atoms with Gasteiger partial charge in [0, 0.05) is 48.0 Å². The molecular formula is C24H26N2O3S. The molecule has 1 aliphatic rings. The Hall–Kier alpha value is -2.73. The Morgan fingerprint density at radius 1 is 1.13 bits per heavy atom. The van der Waals surface area contributed by atoms with Crippen LogP contribution in [0.1, 0.15) is 33.7 Å². The van der Waals surface area contributed by atoms with E-state index in [2.05, 4.69) is 0 Å². The van der Waals surface area contributed by atoms with Crippen LogP contribution in [0.3, 0.4) is 0 Å². The third kappa shape index (κ3) is 3.72. The summed E-state index contributed by atoms with van der Waals surface area (Å²) in [5.41, 5.74) is 2.35.